The van der Waals surface area contributed by atoms with Crippen LogP contribution in [-0.2, 0) is 9.84 Å². The van der Waals surface area contributed by atoms with Gasteiger partial charge < -0.3 is 5.32 Å². The van der Waals surface area contributed by atoms with Gasteiger partial charge in [-0.25, -0.2) is 12.8 Å². The molecule has 3 aromatic rings. The molecule has 25 heavy (non-hydrogen) atoms. The minimum absolute atomic E-state index is 0.178. The predicted octanol–water partition coefficient (Wildman–Crippen LogP) is 2.87. The van der Waals surface area contributed by atoms with Crippen LogP contribution in [0.2, 0.25) is 0 Å². The molecule has 0 unspecified atom stereocenters. The standard InChI is InChI=1S/C17H14FN3O3S/c1-25(23,24)14-7-5-11(6-8-14)16-15(10-19-21-16)17(22)20-13-4-2-3-12(18)9-13/h2-10H,1H3,(H,19,21)(H,20,22). The number of carbonyl (C=O) groups excluding carboxylic acids is 1. The molecule has 0 spiro atoms. The van der Waals surface area contributed by atoms with Gasteiger partial charge in [-0.1, -0.05) is 18.2 Å². The van der Waals surface area contributed by atoms with Gasteiger partial charge in [-0.3, -0.25) is 9.89 Å². The second kappa shape index (κ2) is 6.48. The molecule has 1 aromatic heterocycles. The monoisotopic (exact) mass is 359 g/mol. The maximum atomic E-state index is 13.2. The maximum Gasteiger partial charge on any atom is 0.259 e. The van der Waals surface area contributed by atoms with Crippen molar-refractivity contribution < 1.29 is 17.6 Å². The minimum atomic E-state index is -3.30. The van der Waals surface area contributed by atoms with E-state index in [-0.39, 0.29) is 10.5 Å². The summed E-state index contributed by atoms with van der Waals surface area (Å²) < 4.78 is 36.3. The topological polar surface area (TPSA) is 91.9 Å². The van der Waals surface area contributed by atoms with E-state index in [9.17, 15) is 17.6 Å². The fourth-order valence-electron chi connectivity index (χ4n) is 2.31. The summed E-state index contributed by atoms with van der Waals surface area (Å²) in [5.41, 5.74) is 1.54. The zero-order valence-electron chi connectivity index (χ0n) is 13.2. The molecule has 6 nitrogen and oxygen atoms in total. The molecule has 2 N–H and O–H groups in total. The van der Waals surface area contributed by atoms with Gasteiger partial charge in [0.05, 0.1) is 10.5 Å². The molecule has 0 saturated heterocycles. The van der Waals surface area contributed by atoms with Gasteiger partial charge in [0.25, 0.3) is 5.91 Å². The molecule has 2 aromatic carbocycles. The Kier molecular flexibility index (Phi) is 4.37. The number of sulfone groups is 1. The fraction of sp³-hybridized carbons (Fsp3) is 0.0588. The minimum Gasteiger partial charge on any atom is -0.322 e. The number of H-pyrrole nitrogens is 1. The van der Waals surface area contributed by atoms with E-state index in [4.69, 9.17) is 0 Å². The number of halogens is 1. The number of aromatic amines is 1. The SMILES string of the molecule is CS(=O)(=O)c1ccc(-c2n[nH]cc2C(=O)Nc2cccc(F)c2)cc1. The molecule has 0 saturated carbocycles. The van der Waals surface area contributed by atoms with Crippen molar-refractivity contribution in [2.75, 3.05) is 11.6 Å². The van der Waals surface area contributed by atoms with E-state index in [1.165, 1.54) is 36.5 Å². The van der Waals surface area contributed by atoms with Gasteiger partial charge in [0.1, 0.15) is 11.5 Å². The predicted molar refractivity (Wildman–Crippen MR) is 91.5 cm³/mol. The Labute approximate surface area is 143 Å². The summed E-state index contributed by atoms with van der Waals surface area (Å²) in [4.78, 5) is 12.6. The van der Waals surface area contributed by atoms with Crippen molar-refractivity contribution >= 4 is 21.4 Å². The van der Waals surface area contributed by atoms with Crippen molar-refractivity contribution in [1.82, 2.24) is 10.2 Å². The summed E-state index contributed by atoms with van der Waals surface area (Å²) in [6, 6.07) is 11.6. The van der Waals surface area contributed by atoms with Gasteiger partial charge in [0.15, 0.2) is 9.84 Å². The molecule has 0 atom stereocenters. The Bertz CT molecular complexity index is 1030. The quantitative estimate of drug-likeness (QED) is 0.749. The molecule has 1 amide bonds. The van der Waals surface area contributed by atoms with Crippen molar-refractivity contribution in [2.45, 2.75) is 4.90 Å². The van der Waals surface area contributed by atoms with Gasteiger partial charge in [0.2, 0.25) is 0 Å². The Morgan fingerprint density at radius 2 is 1.88 bits per heavy atom. The van der Waals surface area contributed by atoms with Crippen LogP contribution in [0.3, 0.4) is 0 Å². The van der Waals surface area contributed by atoms with Gasteiger partial charge in [-0.05, 0) is 30.3 Å². The molecule has 3 rings (SSSR count). The Morgan fingerprint density at radius 3 is 2.52 bits per heavy atom. The van der Waals surface area contributed by atoms with Crippen molar-refractivity contribution in [3.8, 4) is 11.3 Å². The van der Waals surface area contributed by atoms with Crippen molar-refractivity contribution in [2.24, 2.45) is 0 Å². The van der Waals surface area contributed by atoms with Crippen LogP contribution in [0, 0.1) is 5.82 Å². The van der Waals surface area contributed by atoms with E-state index in [1.54, 1.807) is 18.2 Å². The molecule has 0 bridgehead atoms. The number of hydrogen-bond acceptors (Lipinski definition) is 4. The Morgan fingerprint density at radius 1 is 1.16 bits per heavy atom. The summed E-state index contributed by atoms with van der Waals surface area (Å²) in [6.45, 7) is 0. The summed E-state index contributed by atoms with van der Waals surface area (Å²) >= 11 is 0. The third-order valence-electron chi connectivity index (χ3n) is 3.52. The number of rotatable bonds is 4. The van der Waals surface area contributed by atoms with Gasteiger partial charge in [-0.15, -0.1) is 0 Å². The molecule has 0 aliphatic carbocycles. The second-order valence-electron chi connectivity index (χ2n) is 5.41. The van der Waals surface area contributed by atoms with Crippen LogP contribution >= 0.6 is 0 Å². The van der Waals surface area contributed by atoms with Crippen LogP contribution in [0.5, 0.6) is 0 Å². The highest BCUT2D eigenvalue weighted by atomic mass is 32.2. The molecule has 8 heteroatoms. The lowest BCUT2D eigenvalue weighted by atomic mass is 10.1. The van der Waals surface area contributed by atoms with Crippen LogP contribution in [0.25, 0.3) is 11.3 Å². The molecular weight excluding hydrogens is 345 g/mol. The molecule has 0 aliphatic heterocycles. The zero-order valence-corrected chi connectivity index (χ0v) is 14.0. The average Bonchev–Trinajstić information content (AvgIpc) is 3.04. The van der Waals surface area contributed by atoms with E-state index in [1.807, 2.05) is 0 Å². The lowest BCUT2D eigenvalue weighted by Gasteiger charge is -2.06. The second-order valence-corrected chi connectivity index (χ2v) is 7.42. The number of aromatic nitrogens is 2. The molecule has 0 aliphatic rings. The number of nitrogens with zero attached hydrogens (tertiary/aromatic N) is 1. The third kappa shape index (κ3) is 3.74. The number of carbonyl (C=O) groups is 1. The first-order valence-corrected chi connectivity index (χ1v) is 9.15. The van der Waals surface area contributed by atoms with Gasteiger partial charge >= 0.3 is 0 Å². The normalized spacial score (nSPS) is 11.3. The number of nitrogens with one attached hydrogen (secondary N) is 2. The Hall–Kier alpha value is -3.00. The molecule has 0 fully saturated rings. The van der Waals surface area contributed by atoms with Crippen LogP contribution in [0.4, 0.5) is 10.1 Å². The summed E-state index contributed by atoms with van der Waals surface area (Å²) in [5, 5.41) is 9.26. The molecule has 128 valence electrons. The summed E-state index contributed by atoms with van der Waals surface area (Å²) in [6.07, 6.45) is 2.54. The van der Waals surface area contributed by atoms with E-state index in [0.29, 0.717) is 16.9 Å². The van der Waals surface area contributed by atoms with E-state index in [2.05, 4.69) is 15.5 Å². The first-order chi connectivity index (χ1) is 11.8. The van der Waals surface area contributed by atoms with E-state index in [0.717, 1.165) is 6.26 Å². The highest BCUT2D eigenvalue weighted by molar-refractivity contribution is 7.90. The van der Waals surface area contributed by atoms with Crippen LogP contribution < -0.4 is 5.32 Å². The summed E-state index contributed by atoms with van der Waals surface area (Å²) in [5.74, 6) is -0.914. The largest absolute Gasteiger partial charge is 0.322 e. The average molecular weight is 359 g/mol. The van der Waals surface area contributed by atoms with Crippen molar-refractivity contribution in [3.05, 3.63) is 66.1 Å². The highest BCUT2D eigenvalue weighted by Gasteiger charge is 2.17. The number of anilines is 1. The van der Waals surface area contributed by atoms with Gasteiger partial charge in [0, 0.05) is 23.7 Å². The molecule has 1 heterocycles. The lowest BCUT2D eigenvalue weighted by molar-refractivity contribution is 0.102. The molecular formula is C17H14FN3O3S. The number of amides is 1. The highest BCUT2D eigenvalue weighted by Crippen LogP contribution is 2.24. The first-order valence-electron chi connectivity index (χ1n) is 7.26. The maximum absolute atomic E-state index is 13.2. The fourth-order valence-corrected chi connectivity index (χ4v) is 2.94. The third-order valence-corrected chi connectivity index (χ3v) is 4.65. The van der Waals surface area contributed by atoms with E-state index >= 15 is 0 Å². The van der Waals surface area contributed by atoms with Gasteiger partial charge in [-0.2, -0.15) is 5.10 Å². The van der Waals surface area contributed by atoms with Crippen LogP contribution in [0.1, 0.15) is 10.4 Å². The van der Waals surface area contributed by atoms with E-state index < -0.39 is 21.6 Å². The number of hydrogen-bond donors (Lipinski definition) is 2. The van der Waals surface area contributed by atoms with Crippen LogP contribution in [-0.4, -0.2) is 30.8 Å². The van der Waals surface area contributed by atoms with Crippen molar-refractivity contribution in [1.29, 1.82) is 0 Å². The summed E-state index contributed by atoms with van der Waals surface area (Å²) in [7, 11) is -3.30. The Balaban J connectivity index is 1.88. The number of benzene rings is 2. The molecule has 0 radical (unpaired) electrons. The van der Waals surface area contributed by atoms with Crippen molar-refractivity contribution in [3.63, 3.8) is 0 Å². The lowest BCUT2D eigenvalue weighted by Crippen LogP contribution is -2.12. The van der Waals surface area contributed by atoms with Crippen LogP contribution in [0.15, 0.2) is 59.6 Å². The smallest absolute Gasteiger partial charge is 0.259 e. The first kappa shape index (κ1) is 16.8. The zero-order chi connectivity index (χ0) is 18.0.